The Morgan fingerprint density at radius 2 is 2.25 bits per heavy atom. The van der Waals surface area contributed by atoms with Crippen molar-refractivity contribution in [3.05, 3.63) is 35.0 Å². The van der Waals surface area contributed by atoms with Crippen LogP contribution in [0.25, 0.3) is 0 Å². The van der Waals surface area contributed by atoms with Gasteiger partial charge in [0.25, 0.3) is 0 Å². The Morgan fingerprint density at radius 1 is 1.42 bits per heavy atom. The number of rotatable bonds is 5. The first-order valence-electron chi connectivity index (χ1n) is 7.54. The van der Waals surface area contributed by atoms with Gasteiger partial charge in [0.15, 0.2) is 0 Å². The third-order valence-corrected chi connectivity index (χ3v) is 3.31. The summed E-state index contributed by atoms with van der Waals surface area (Å²) in [6.45, 7) is 3.32. The Bertz CT molecular complexity index is 685. The molecule has 0 bridgehead atoms. The van der Waals surface area contributed by atoms with Crippen molar-refractivity contribution in [3.8, 4) is 5.75 Å². The standard InChI is InChI=1S/C16H20ClN5O2/c1-11-5-7-19-15(10-20-11)22-16(23)21-13-9-12(17)3-4-14(13)24-8-2-6-18/h3-5,9-10H,2,6-8,18H2,1H3,(H2,19,21,22,23). The molecule has 1 aliphatic rings. The van der Waals surface area contributed by atoms with Crippen molar-refractivity contribution in [2.45, 2.75) is 13.3 Å². The fourth-order valence-corrected chi connectivity index (χ4v) is 2.04. The number of carbonyl (C=O) groups excluding carboxylic acids is 1. The average Bonchev–Trinajstić information content (AvgIpc) is 2.74. The van der Waals surface area contributed by atoms with Crippen molar-refractivity contribution >= 4 is 35.4 Å². The SMILES string of the molecule is CC1=CCN=C(NC(=O)Nc2cc(Cl)ccc2OCCCN)C=N1. The van der Waals surface area contributed by atoms with Gasteiger partial charge in [0.2, 0.25) is 0 Å². The van der Waals surface area contributed by atoms with Crippen LogP contribution in [0.15, 0.2) is 40.0 Å². The molecule has 0 aromatic heterocycles. The summed E-state index contributed by atoms with van der Waals surface area (Å²) in [6, 6.07) is 4.56. The molecule has 0 fully saturated rings. The number of benzene rings is 1. The zero-order valence-corrected chi connectivity index (χ0v) is 14.1. The predicted molar refractivity (Wildman–Crippen MR) is 97.3 cm³/mol. The highest BCUT2D eigenvalue weighted by Crippen LogP contribution is 2.28. The van der Waals surface area contributed by atoms with E-state index in [1.54, 1.807) is 18.2 Å². The second-order valence-electron chi connectivity index (χ2n) is 5.04. The van der Waals surface area contributed by atoms with Gasteiger partial charge in [0, 0.05) is 10.7 Å². The molecule has 2 rings (SSSR count). The van der Waals surface area contributed by atoms with Crippen LogP contribution in [0.3, 0.4) is 0 Å². The highest BCUT2D eigenvalue weighted by atomic mass is 35.5. The van der Waals surface area contributed by atoms with Crippen LogP contribution >= 0.6 is 11.6 Å². The Hall–Kier alpha value is -2.38. The molecule has 24 heavy (non-hydrogen) atoms. The van der Waals surface area contributed by atoms with Crippen LogP contribution in [0.5, 0.6) is 5.75 Å². The van der Waals surface area contributed by atoms with Crippen molar-refractivity contribution in [3.63, 3.8) is 0 Å². The van der Waals surface area contributed by atoms with Gasteiger partial charge in [0.05, 0.1) is 25.1 Å². The molecule has 128 valence electrons. The topological polar surface area (TPSA) is 101 Å². The van der Waals surface area contributed by atoms with E-state index in [0.717, 1.165) is 5.70 Å². The summed E-state index contributed by atoms with van der Waals surface area (Å²) in [5, 5.41) is 5.84. The minimum absolute atomic E-state index is 0.383. The second-order valence-corrected chi connectivity index (χ2v) is 5.48. The smallest absolute Gasteiger partial charge is 0.324 e. The number of amidine groups is 1. The lowest BCUT2D eigenvalue weighted by molar-refractivity contribution is 0.256. The molecule has 0 saturated heterocycles. The lowest BCUT2D eigenvalue weighted by Crippen LogP contribution is -2.35. The van der Waals surface area contributed by atoms with Gasteiger partial charge in [-0.1, -0.05) is 11.6 Å². The molecular formula is C16H20ClN5O2. The van der Waals surface area contributed by atoms with E-state index in [1.165, 1.54) is 6.21 Å². The van der Waals surface area contributed by atoms with Gasteiger partial charge in [-0.2, -0.15) is 0 Å². The number of hydrogen-bond donors (Lipinski definition) is 3. The Balaban J connectivity index is 2.01. The fraction of sp³-hybridized carbons (Fsp3) is 0.312. The molecule has 1 aromatic carbocycles. The number of allylic oxidation sites excluding steroid dienone is 1. The van der Waals surface area contributed by atoms with Gasteiger partial charge < -0.3 is 15.8 Å². The predicted octanol–water partition coefficient (Wildman–Crippen LogP) is 2.58. The molecule has 0 radical (unpaired) electrons. The number of ether oxygens (including phenoxy) is 1. The number of hydrogen-bond acceptors (Lipinski definition) is 5. The zero-order valence-electron chi connectivity index (χ0n) is 13.4. The summed E-state index contributed by atoms with van der Waals surface area (Å²) < 4.78 is 5.61. The minimum atomic E-state index is -0.453. The number of nitrogens with zero attached hydrogens (tertiary/aromatic N) is 2. The highest BCUT2D eigenvalue weighted by molar-refractivity contribution is 6.34. The number of anilines is 1. The molecule has 0 saturated carbocycles. The summed E-state index contributed by atoms with van der Waals surface area (Å²) in [4.78, 5) is 20.5. The number of carbonyl (C=O) groups is 1. The number of amides is 2. The number of aliphatic imine (C=N–C) groups is 2. The Morgan fingerprint density at radius 3 is 3.04 bits per heavy atom. The Labute approximate surface area is 145 Å². The first kappa shape index (κ1) is 18.0. The quantitative estimate of drug-likeness (QED) is 0.712. The molecule has 2 amide bonds. The molecule has 0 unspecified atom stereocenters. The molecule has 1 aromatic rings. The monoisotopic (exact) mass is 349 g/mol. The normalized spacial score (nSPS) is 13.6. The van der Waals surface area contributed by atoms with Gasteiger partial charge in [-0.15, -0.1) is 0 Å². The summed E-state index contributed by atoms with van der Waals surface area (Å²) >= 11 is 5.99. The van der Waals surface area contributed by atoms with E-state index in [2.05, 4.69) is 20.6 Å². The second kappa shape index (κ2) is 9.05. The summed E-state index contributed by atoms with van der Waals surface area (Å²) in [7, 11) is 0. The lowest BCUT2D eigenvalue weighted by atomic mass is 10.3. The van der Waals surface area contributed by atoms with Gasteiger partial charge >= 0.3 is 6.03 Å². The van der Waals surface area contributed by atoms with Crippen molar-refractivity contribution in [2.75, 3.05) is 25.0 Å². The van der Waals surface area contributed by atoms with Gasteiger partial charge in [0.1, 0.15) is 11.6 Å². The lowest BCUT2D eigenvalue weighted by Gasteiger charge is -2.13. The van der Waals surface area contributed by atoms with E-state index in [9.17, 15) is 4.79 Å². The van der Waals surface area contributed by atoms with Gasteiger partial charge in [-0.3, -0.25) is 15.3 Å². The summed E-state index contributed by atoms with van der Waals surface area (Å²) in [5.74, 6) is 0.908. The van der Waals surface area contributed by atoms with E-state index >= 15 is 0 Å². The molecule has 1 heterocycles. The van der Waals surface area contributed by atoms with Crippen molar-refractivity contribution in [1.29, 1.82) is 0 Å². The molecule has 0 aliphatic carbocycles. The van der Waals surface area contributed by atoms with E-state index in [1.807, 2.05) is 13.0 Å². The maximum absolute atomic E-state index is 12.2. The molecule has 8 heteroatoms. The van der Waals surface area contributed by atoms with Crippen LogP contribution in [-0.2, 0) is 0 Å². The zero-order chi connectivity index (χ0) is 17.4. The van der Waals surface area contributed by atoms with Crippen LogP contribution in [0.1, 0.15) is 13.3 Å². The molecule has 0 atom stereocenters. The van der Waals surface area contributed by atoms with Crippen LogP contribution in [-0.4, -0.2) is 37.8 Å². The molecule has 1 aliphatic heterocycles. The third-order valence-electron chi connectivity index (χ3n) is 3.08. The van der Waals surface area contributed by atoms with Gasteiger partial charge in [-0.25, -0.2) is 4.79 Å². The average molecular weight is 350 g/mol. The minimum Gasteiger partial charge on any atom is -0.491 e. The highest BCUT2D eigenvalue weighted by Gasteiger charge is 2.11. The number of urea groups is 1. The van der Waals surface area contributed by atoms with Gasteiger partial charge in [-0.05, 0) is 44.2 Å². The van der Waals surface area contributed by atoms with Crippen molar-refractivity contribution < 1.29 is 9.53 Å². The molecular weight excluding hydrogens is 330 g/mol. The Kier molecular flexibility index (Phi) is 6.77. The first-order chi connectivity index (χ1) is 11.6. The van der Waals surface area contributed by atoms with E-state index in [0.29, 0.717) is 48.4 Å². The van der Waals surface area contributed by atoms with Crippen LogP contribution in [0.2, 0.25) is 5.02 Å². The maximum atomic E-state index is 12.2. The van der Waals surface area contributed by atoms with Crippen molar-refractivity contribution in [1.82, 2.24) is 5.32 Å². The number of nitrogens with two attached hydrogens (primary N) is 1. The summed E-state index contributed by atoms with van der Waals surface area (Å²) in [6.07, 6.45) is 4.09. The maximum Gasteiger partial charge on any atom is 0.324 e. The summed E-state index contributed by atoms with van der Waals surface area (Å²) in [5.41, 5.74) is 6.77. The largest absolute Gasteiger partial charge is 0.491 e. The van der Waals surface area contributed by atoms with Crippen molar-refractivity contribution in [2.24, 2.45) is 15.7 Å². The van der Waals surface area contributed by atoms with E-state index in [4.69, 9.17) is 22.1 Å². The molecule has 0 spiro atoms. The molecule has 4 N–H and O–H groups in total. The van der Waals surface area contributed by atoms with Crippen LogP contribution in [0.4, 0.5) is 10.5 Å². The van der Waals surface area contributed by atoms with E-state index < -0.39 is 6.03 Å². The van der Waals surface area contributed by atoms with Crippen LogP contribution < -0.4 is 21.1 Å². The first-order valence-corrected chi connectivity index (χ1v) is 7.92. The van der Waals surface area contributed by atoms with E-state index in [-0.39, 0.29) is 0 Å². The number of halogens is 1. The number of nitrogens with one attached hydrogen (secondary N) is 2. The molecule has 7 nitrogen and oxygen atoms in total. The van der Waals surface area contributed by atoms with Crippen LogP contribution in [0, 0.1) is 0 Å². The third kappa shape index (κ3) is 5.68. The fourth-order valence-electron chi connectivity index (χ4n) is 1.87.